The number of hydrogen-bond donors (Lipinski definition) is 0. The van der Waals surface area contributed by atoms with E-state index in [9.17, 15) is 0 Å². The average Bonchev–Trinajstić information content (AvgIpc) is 2.59. The van der Waals surface area contributed by atoms with E-state index in [1.807, 2.05) is 0 Å². The van der Waals surface area contributed by atoms with Crippen molar-refractivity contribution in [1.29, 1.82) is 0 Å². The van der Waals surface area contributed by atoms with Gasteiger partial charge < -0.3 is 0 Å². The van der Waals surface area contributed by atoms with Gasteiger partial charge in [0.05, 0.1) is 10.7 Å². The highest BCUT2D eigenvalue weighted by molar-refractivity contribution is 5.37. The third-order valence-electron chi connectivity index (χ3n) is 3.08. The van der Waals surface area contributed by atoms with Gasteiger partial charge in [-0.05, 0) is 49.9 Å². The van der Waals surface area contributed by atoms with Gasteiger partial charge in [0, 0.05) is 0 Å². The summed E-state index contributed by atoms with van der Waals surface area (Å²) in [4.78, 5) is 8.79. The molecule has 0 fully saturated rings. The first-order valence-corrected chi connectivity index (χ1v) is 4.58. The van der Waals surface area contributed by atoms with E-state index in [1.165, 1.54) is 22.3 Å². The van der Waals surface area contributed by atoms with Crippen LogP contribution >= 0.6 is 0 Å². The SMILES string of the molecule is Cc1c(C)c(C)c2c(c1C)=NCN=2. The Kier molecular flexibility index (Phi) is 1.72. The molecule has 0 spiro atoms. The van der Waals surface area contributed by atoms with E-state index in [0.717, 1.165) is 10.7 Å². The number of nitrogens with zero attached hydrogens (tertiary/aromatic N) is 2. The van der Waals surface area contributed by atoms with Crippen LogP contribution in [0.5, 0.6) is 0 Å². The van der Waals surface area contributed by atoms with E-state index < -0.39 is 0 Å². The van der Waals surface area contributed by atoms with Crippen molar-refractivity contribution in [1.82, 2.24) is 0 Å². The molecule has 68 valence electrons. The third-order valence-corrected chi connectivity index (χ3v) is 3.08. The van der Waals surface area contributed by atoms with Crippen molar-refractivity contribution in [3.63, 3.8) is 0 Å². The van der Waals surface area contributed by atoms with Crippen molar-refractivity contribution < 1.29 is 0 Å². The second-order valence-electron chi connectivity index (χ2n) is 3.65. The number of benzene rings is 1. The Bertz CT molecular complexity index is 439. The minimum absolute atomic E-state index is 0.611. The smallest absolute Gasteiger partial charge is 0.130 e. The molecule has 0 atom stereocenters. The molecule has 0 N–H and O–H groups in total. The van der Waals surface area contributed by atoms with Crippen molar-refractivity contribution in [2.45, 2.75) is 27.7 Å². The van der Waals surface area contributed by atoms with Gasteiger partial charge in [-0.2, -0.15) is 0 Å². The van der Waals surface area contributed by atoms with Crippen LogP contribution in [0.1, 0.15) is 22.3 Å². The fraction of sp³-hybridized carbons (Fsp3) is 0.455. The van der Waals surface area contributed by atoms with Crippen molar-refractivity contribution in [2.24, 2.45) is 9.98 Å². The first-order chi connectivity index (χ1) is 6.13. The molecule has 1 heterocycles. The summed E-state index contributed by atoms with van der Waals surface area (Å²) >= 11 is 0. The summed E-state index contributed by atoms with van der Waals surface area (Å²) in [7, 11) is 0. The van der Waals surface area contributed by atoms with Gasteiger partial charge in [0.15, 0.2) is 0 Å². The molecule has 0 saturated heterocycles. The van der Waals surface area contributed by atoms with Crippen LogP contribution in [0.2, 0.25) is 0 Å². The average molecular weight is 174 g/mol. The van der Waals surface area contributed by atoms with Crippen molar-refractivity contribution in [2.75, 3.05) is 6.67 Å². The number of fused-ring (bicyclic) bond motifs is 1. The van der Waals surface area contributed by atoms with Crippen LogP contribution in [0.3, 0.4) is 0 Å². The molecule has 13 heavy (non-hydrogen) atoms. The summed E-state index contributed by atoms with van der Waals surface area (Å²) < 4.78 is 0. The van der Waals surface area contributed by atoms with Gasteiger partial charge in [-0.3, -0.25) is 9.98 Å². The Labute approximate surface area is 78.0 Å². The predicted octanol–water partition coefficient (Wildman–Crippen LogP) is 1.13. The van der Waals surface area contributed by atoms with E-state index in [-0.39, 0.29) is 0 Å². The number of hydrogen-bond acceptors (Lipinski definition) is 2. The second-order valence-corrected chi connectivity index (χ2v) is 3.65. The van der Waals surface area contributed by atoms with Gasteiger partial charge in [0.1, 0.15) is 6.67 Å². The molecule has 0 radical (unpaired) electrons. The Morgan fingerprint density at radius 3 is 1.46 bits per heavy atom. The molecule has 0 aliphatic carbocycles. The minimum atomic E-state index is 0.611. The standard InChI is InChI=1S/C11H14N2/c1-6-7(2)9(4)11-10(8(6)3)12-5-13-11/h5H2,1-4H3. The molecule has 1 aromatic carbocycles. The maximum atomic E-state index is 4.39. The van der Waals surface area contributed by atoms with Gasteiger partial charge in [0.25, 0.3) is 0 Å². The fourth-order valence-corrected chi connectivity index (χ4v) is 1.84. The Hall–Kier alpha value is -1.18. The first kappa shape index (κ1) is 8.42. The lowest BCUT2D eigenvalue weighted by molar-refractivity contribution is 1.05. The van der Waals surface area contributed by atoms with Gasteiger partial charge in [0.2, 0.25) is 0 Å². The molecule has 2 nitrogen and oxygen atoms in total. The maximum absolute atomic E-state index is 4.39. The van der Waals surface area contributed by atoms with Crippen LogP contribution in [0.4, 0.5) is 0 Å². The Morgan fingerprint density at radius 1 is 0.692 bits per heavy atom. The number of rotatable bonds is 0. The summed E-state index contributed by atoms with van der Waals surface area (Å²) in [5.41, 5.74) is 5.30. The Morgan fingerprint density at radius 2 is 1.08 bits per heavy atom. The van der Waals surface area contributed by atoms with Gasteiger partial charge in [-0.1, -0.05) is 0 Å². The third kappa shape index (κ3) is 1.01. The van der Waals surface area contributed by atoms with Crippen molar-refractivity contribution in [3.05, 3.63) is 33.0 Å². The zero-order chi connectivity index (χ0) is 9.59. The molecule has 1 aromatic rings. The summed E-state index contributed by atoms with van der Waals surface area (Å²) in [6, 6.07) is 0. The van der Waals surface area contributed by atoms with E-state index in [1.54, 1.807) is 0 Å². The van der Waals surface area contributed by atoms with Gasteiger partial charge >= 0.3 is 0 Å². The van der Waals surface area contributed by atoms with Crippen LogP contribution < -0.4 is 10.7 Å². The molecular formula is C11H14N2. The highest BCUT2D eigenvalue weighted by Crippen LogP contribution is 2.10. The highest BCUT2D eigenvalue weighted by Gasteiger charge is 2.09. The van der Waals surface area contributed by atoms with Crippen molar-refractivity contribution >= 4 is 0 Å². The van der Waals surface area contributed by atoms with E-state index in [0.29, 0.717) is 6.67 Å². The fourth-order valence-electron chi connectivity index (χ4n) is 1.84. The molecule has 0 saturated carbocycles. The summed E-state index contributed by atoms with van der Waals surface area (Å²) in [6.45, 7) is 9.19. The van der Waals surface area contributed by atoms with Crippen molar-refractivity contribution in [3.8, 4) is 0 Å². The van der Waals surface area contributed by atoms with E-state index in [4.69, 9.17) is 0 Å². The quantitative estimate of drug-likeness (QED) is 0.563. The van der Waals surface area contributed by atoms with Gasteiger partial charge in [-0.15, -0.1) is 0 Å². The lowest BCUT2D eigenvalue weighted by atomic mass is 9.98. The zero-order valence-electron chi connectivity index (χ0n) is 8.60. The molecule has 0 bridgehead atoms. The molecule has 1 aliphatic heterocycles. The van der Waals surface area contributed by atoms with Crippen LogP contribution in [0, 0.1) is 27.7 Å². The zero-order valence-corrected chi connectivity index (χ0v) is 8.60. The lowest BCUT2D eigenvalue weighted by Gasteiger charge is -2.07. The van der Waals surface area contributed by atoms with Crippen LogP contribution in [0.15, 0.2) is 9.98 Å². The molecule has 0 amide bonds. The summed E-state index contributed by atoms with van der Waals surface area (Å²) in [6.07, 6.45) is 0. The normalized spacial score (nSPS) is 13.5. The molecule has 2 rings (SSSR count). The van der Waals surface area contributed by atoms with Crippen LogP contribution in [-0.4, -0.2) is 6.67 Å². The molecule has 1 aliphatic rings. The summed E-state index contributed by atoms with van der Waals surface area (Å²) in [5.74, 6) is 0. The largest absolute Gasteiger partial charge is 0.259 e. The lowest BCUT2D eigenvalue weighted by Crippen LogP contribution is -2.29. The Balaban J connectivity index is 3.04. The molecule has 0 unspecified atom stereocenters. The van der Waals surface area contributed by atoms with Crippen LogP contribution in [0.25, 0.3) is 0 Å². The minimum Gasteiger partial charge on any atom is -0.259 e. The monoisotopic (exact) mass is 174 g/mol. The second kappa shape index (κ2) is 2.66. The summed E-state index contributed by atoms with van der Waals surface area (Å²) in [5, 5.41) is 2.22. The maximum Gasteiger partial charge on any atom is 0.130 e. The predicted molar refractivity (Wildman–Crippen MR) is 52.6 cm³/mol. The van der Waals surface area contributed by atoms with E-state index >= 15 is 0 Å². The molecular weight excluding hydrogens is 160 g/mol. The first-order valence-electron chi connectivity index (χ1n) is 4.58. The molecule has 0 aromatic heterocycles. The van der Waals surface area contributed by atoms with Gasteiger partial charge in [-0.25, -0.2) is 0 Å². The highest BCUT2D eigenvalue weighted by atomic mass is 15.0. The van der Waals surface area contributed by atoms with Crippen LogP contribution in [-0.2, 0) is 0 Å². The topological polar surface area (TPSA) is 24.7 Å². The van der Waals surface area contributed by atoms with E-state index in [2.05, 4.69) is 37.7 Å². The molecule has 2 heteroatoms.